The van der Waals surface area contributed by atoms with Gasteiger partial charge in [-0.3, -0.25) is 34.3 Å². The van der Waals surface area contributed by atoms with Gasteiger partial charge in [0.15, 0.2) is 5.82 Å². The number of halogens is 2. The number of carbonyl (C=O) groups excluding carboxylic acids is 4. The molecular formula is C34H37ClFN9O4S. The number of hydrogen-bond acceptors (Lipinski definition) is 12. The highest BCUT2D eigenvalue weighted by Crippen LogP contribution is 2.40. The Morgan fingerprint density at radius 2 is 1.76 bits per heavy atom. The number of nitrogens with zero attached hydrogens (tertiary/aromatic N) is 6. The van der Waals surface area contributed by atoms with Gasteiger partial charge in [0.25, 0.3) is 11.8 Å². The summed E-state index contributed by atoms with van der Waals surface area (Å²) in [5.41, 5.74) is 13.2. The van der Waals surface area contributed by atoms with Gasteiger partial charge in [-0.05, 0) is 44.4 Å². The molecule has 4 amide bonds. The SMILES string of the molecule is CC1(N)CCN(c2cnc(Sc3cccc(N4CCN(Cc5ccc6c(c5F)C(=O)N(C5CCC(=O)NC5=O)C6=O)CC4)c3Cl)c(N)n2)CC1. The van der Waals surface area contributed by atoms with Gasteiger partial charge < -0.3 is 21.3 Å². The number of nitrogens with two attached hydrogens (primary N) is 2. The number of nitrogen functional groups attached to an aromatic ring is 1. The summed E-state index contributed by atoms with van der Waals surface area (Å²) in [4.78, 5) is 67.4. The van der Waals surface area contributed by atoms with Crippen molar-refractivity contribution in [1.82, 2.24) is 25.1 Å². The number of carbonyl (C=O) groups is 4. The first kappa shape index (κ1) is 34.2. The lowest BCUT2D eigenvalue weighted by atomic mass is 9.91. The molecule has 7 rings (SSSR count). The zero-order valence-electron chi connectivity index (χ0n) is 27.5. The number of benzene rings is 2. The summed E-state index contributed by atoms with van der Waals surface area (Å²) in [6, 6.07) is 7.60. The van der Waals surface area contributed by atoms with Gasteiger partial charge in [0.2, 0.25) is 11.8 Å². The largest absolute Gasteiger partial charge is 0.381 e. The van der Waals surface area contributed by atoms with Gasteiger partial charge in [-0.15, -0.1) is 0 Å². The molecule has 0 spiro atoms. The Bertz CT molecular complexity index is 1890. The maximum absolute atomic E-state index is 15.8. The second-order valence-electron chi connectivity index (χ2n) is 13.4. The zero-order valence-corrected chi connectivity index (χ0v) is 29.0. The smallest absolute Gasteiger partial charge is 0.265 e. The van der Waals surface area contributed by atoms with Gasteiger partial charge in [-0.25, -0.2) is 14.4 Å². The van der Waals surface area contributed by atoms with Crippen molar-refractivity contribution < 1.29 is 23.6 Å². The summed E-state index contributed by atoms with van der Waals surface area (Å²) in [6.07, 6.45) is 3.46. The average molecular weight is 722 g/mol. The molecule has 262 valence electrons. The van der Waals surface area contributed by atoms with Crippen molar-refractivity contribution in [3.8, 4) is 0 Å². The van der Waals surface area contributed by atoms with E-state index in [0.29, 0.717) is 42.0 Å². The van der Waals surface area contributed by atoms with Crippen LogP contribution in [0.25, 0.3) is 0 Å². The number of nitrogens with one attached hydrogen (secondary N) is 1. The van der Waals surface area contributed by atoms with Crippen LogP contribution in [0, 0.1) is 5.82 Å². The first-order valence-electron chi connectivity index (χ1n) is 16.5. The summed E-state index contributed by atoms with van der Waals surface area (Å²) in [7, 11) is 0. The fourth-order valence-electron chi connectivity index (χ4n) is 6.86. The second kappa shape index (κ2) is 13.4. The number of piperidine rings is 2. The van der Waals surface area contributed by atoms with Crippen molar-refractivity contribution in [1.29, 1.82) is 0 Å². The Morgan fingerprint density at radius 1 is 1.02 bits per heavy atom. The number of rotatable bonds is 7. The van der Waals surface area contributed by atoms with Crippen LogP contribution in [-0.4, -0.2) is 94.2 Å². The quantitative estimate of drug-likeness (QED) is 0.305. The van der Waals surface area contributed by atoms with E-state index < -0.39 is 35.5 Å². The normalized spacial score (nSPS) is 21.1. The Kier molecular flexibility index (Phi) is 9.18. The molecule has 1 unspecified atom stereocenters. The lowest BCUT2D eigenvalue weighted by Gasteiger charge is -2.37. The monoisotopic (exact) mass is 721 g/mol. The summed E-state index contributed by atoms with van der Waals surface area (Å²) < 4.78 is 15.8. The number of amides is 4. The molecule has 2 aromatic carbocycles. The molecule has 0 saturated carbocycles. The highest BCUT2D eigenvalue weighted by Gasteiger charge is 2.46. The van der Waals surface area contributed by atoms with Crippen LogP contribution in [0.2, 0.25) is 5.02 Å². The molecule has 0 radical (unpaired) electrons. The van der Waals surface area contributed by atoms with Crippen LogP contribution in [0.4, 0.5) is 21.7 Å². The highest BCUT2D eigenvalue weighted by atomic mass is 35.5. The maximum Gasteiger partial charge on any atom is 0.265 e. The van der Waals surface area contributed by atoms with Gasteiger partial charge >= 0.3 is 0 Å². The van der Waals surface area contributed by atoms with E-state index in [1.807, 2.05) is 18.2 Å². The molecule has 13 nitrogen and oxygen atoms in total. The van der Waals surface area contributed by atoms with Crippen LogP contribution in [0.1, 0.15) is 58.9 Å². The standard InChI is InChI=1S/C34H37ClFN9O4S/c1-34(38)9-11-44(12-10-34)24-17-39-31(29(37)40-24)50-23-4-2-3-21(27(23)35)43-15-13-42(14-16-43)18-19-5-6-20-26(28(19)36)33(49)45(32(20)48)22-7-8-25(46)41-30(22)47/h2-6,17,22H,7-16,18,38H2,1H3,(H2,37,40)(H,41,46,47). The van der Waals surface area contributed by atoms with Gasteiger partial charge in [0.1, 0.15) is 22.7 Å². The van der Waals surface area contributed by atoms with Crippen LogP contribution < -0.4 is 26.6 Å². The van der Waals surface area contributed by atoms with Crippen molar-refractivity contribution in [3.05, 3.63) is 64.1 Å². The molecule has 5 heterocycles. The first-order chi connectivity index (χ1) is 23.9. The van der Waals surface area contributed by atoms with Crippen molar-refractivity contribution in [2.75, 3.05) is 54.8 Å². The molecule has 4 aliphatic heterocycles. The van der Waals surface area contributed by atoms with Crippen LogP contribution in [0.15, 0.2) is 46.5 Å². The van der Waals surface area contributed by atoms with Gasteiger partial charge in [-0.1, -0.05) is 35.5 Å². The van der Waals surface area contributed by atoms with Crippen LogP contribution in [-0.2, 0) is 16.1 Å². The number of anilines is 3. The van der Waals surface area contributed by atoms with Crippen molar-refractivity contribution in [2.24, 2.45) is 5.73 Å². The summed E-state index contributed by atoms with van der Waals surface area (Å²) in [5.74, 6) is -2.51. The predicted molar refractivity (Wildman–Crippen MR) is 187 cm³/mol. The van der Waals surface area contributed by atoms with E-state index >= 15 is 4.39 Å². The lowest BCUT2D eigenvalue weighted by Crippen LogP contribution is -2.54. The van der Waals surface area contributed by atoms with E-state index in [2.05, 4.69) is 36.9 Å². The molecule has 0 aliphatic carbocycles. The van der Waals surface area contributed by atoms with E-state index in [1.165, 1.54) is 23.9 Å². The van der Waals surface area contributed by atoms with E-state index in [4.69, 9.17) is 23.1 Å². The zero-order chi connectivity index (χ0) is 35.3. The number of fused-ring (bicyclic) bond motifs is 1. The molecule has 3 fully saturated rings. The lowest BCUT2D eigenvalue weighted by molar-refractivity contribution is -0.136. The minimum absolute atomic E-state index is 0.00417. The third-order valence-corrected chi connectivity index (χ3v) is 11.4. The number of imide groups is 2. The maximum atomic E-state index is 15.8. The van der Waals surface area contributed by atoms with Crippen molar-refractivity contribution >= 4 is 64.3 Å². The van der Waals surface area contributed by atoms with Gasteiger partial charge in [-0.2, -0.15) is 0 Å². The topological polar surface area (TPSA) is 171 Å². The first-order valence-corrected chi connectivity index (χ1v) is 17.7. The third-order valence-electron chi connectivity index (χ3n) is 9.86. The van der Waals surface area contributed by atoms with E-state index in [9.17, 15) is 19.2 Å². The third kappa shape index (κ3) is 6.50. The van der Waals surface area contributed by atoms with E-state index in [1.54, 1.807) is 6.20 Å². The second-order valence-corrected chi connectivity index (χ2v) is 14.8. The fourth-order valence-corrected chi connectivity index (χ4v) is 8.02. The summed E-state index contributed by atoms with van der Waals surface area (Å²) in [5, 5.41) is 3.29. The molecular weight excluding hydrogens is 685 g/mol. The molecule has 0 bridgehead atoms. The van der Waals surface area contributed by atoms with Crippen molar-refractivity contribution in [2.45, 2.75) is 60.7 Å². The summed E-state index contributed by atoms with van der Waals surface area (Å²) >= 11 is 8.29. The van der Waals surface area contributed by atoms with Gasteiger partial charge in [0, 0.05) is 68.2 Å². The Morgan fingerprint density at radius 3 is 2.46 bits per heavy atom. The molecule has 50 heavy (non-hydrogen) atoms. The molecule has 4 aliphatic rings. The Hall–Kier alpha value is -4.31. The van der Waals surface area contributed by atoms with Crippen LogP contribution in [0.3, 0.4) is 0 Å². The molecule has 16 heteroatoms. The fraction of sp³-hybridized carbons (Fsp3) is 0.412. The Labute approximate surface area is 297 Å². The minimum atomic E-state index is -1.15. The average Bonchev–Trinajstić information content (AvgIpc) is 3.34. The Balaban J connectivity index is 0.985. The van der Waals surface area contributed by atoms with E-state index in [-0.39, 0.29) is 41.6 Å². The molecule has 3 aromatic rings. The molecule has 1 atom stereocenters. The van der Waals surface area contributed by atoms with Gasteiger partial charge in [0.05, 0.1) is 28.0 Å². The minimum Gasteiger partial charge on any atom is -0.381 e. The van der Waals surface area contributed by atoms with E-state index in [0.717, 1.165) is 47.2 Å². The highest BCUT2D eigenvalue weighted by molar-refractivity contribution is 7.99. The number of hydrogen-bond donors (Lipinski definition) is 3. The number of piperazine rings is 1. The molecule has 1 aromatic heterocycles. The summed E-state index contributed by atoms with van der Waals surface area (Å²) in [6.45, 7) is 6.32. The molecule has 3 saturated heterocycles. The number of aromatic nitrogens is 2. The predicted octanol–water partition coefficient (Wildman–Crippen LogP) is 3.04. The van der Waals surface area contributed by atoms with Crippen LogP contribution in [0.5, 0.6) is 0 Å². The molecule has 5 N–H and O–H groups in total. The van der Waals surface area contributed by atoms with Crippen LogP contribution >= 0.6 is 23.4 Å². The van der Waals surface area contributed by atoms with Crippen molar-refractivity contribution in [3.63, 3.8) is 0 Å².